The Morgan fingerprint density at radius 3 is 1.48 bits per heavy atom. The first-order chi connectivity index (χ1) is 47.7. The Hall–Kier alpha value is -12.5. The van der Waals surface area contributed by atoms with E-state index >= 15 is 0 Å². The van der Waals surface area contributed by atoms with Crippen LogP contribution in [-0.2, 0) is 16.0 Å². The number of imidazole rings is 3. The second-order valence-electron chi connectivity index (χ2n) is 23.6. The lowest BCUT2D eigenvalue weighted by molar-refractivity contribution is 0.0963. The van der Waals surface area contributed by atoms with Crippen molar-refractivity contribution < 1.29 is 23.9 Å². The molecule has 3 aliphatic heterocycles. The standard InChI is InChI=1S/C28H21N5O2.C25H23N5O.C24H23N5O2/c34-27(32-21-4-2-1-3-5-21)18-6-9-22(10-7-18)31-24-12-13-25(33-15-14-29-26(24)33)19-8-11-23-20(16-19)17-30-28(23)35;1-6-22-18(9-10-26-22)17-19(1)24-8-7-23(25-27-11-12-30(24)25)28-20-2-4-21(5-3-20)29-13-15-31-16-14-29;25-23(30)18-3-1-2-17(16-18)22-9-8-21(24-26-10-11-29(22)24)27-19-4-6-20(7-5-19)28-12-14-31-15-13-28/h1-16,31H,17H2,(H,30,35)(H,32,34);1-12,17,26,28H,13-16H2;1-11,16,27H,12-15H2,(H2,25,30). The van der Waals surface area contributed by atoms with E-state index in [1.807, 2.05) is 137 Å². The second kappa shape index (κ2) is 27.2. The number of nitrogens with zero attached hydrogens (tertiary/aromatic N) is 8. The van der Waals surface area contributed by atoms with E-state index in [1.54, 1.807) is 36.7 Å². The van der Waals surface area contributed by atoms with E-state index in [1.165, 1.54) is 16.8 Å². The summed E-state index contributed by atoms with van der Waals surface area (Å²) in [5.41, 5.74) is 26.8. The molecule has 0 bridgehead atoms. The van der Waals surface area contributed by atoms with Gasteiger partial charge in [0.05, 0.1) is 60.6 Å². The molecule has 0 unspecified atom stereocenters. The molecule has 14 aromatic rings. The Labute approximate surface area is 558 Å². The van der Waals surface area contributed by atoms with Gasteiger partial charge in [0.25, 0.3) is 11.8 Å². The third kappa shape index (κ3) is 13.1. The number of pyridine rings is 3. The molecule has 7 aromatic heterocycles. The number of carbonyl (C=O) groups is 3. The van der Waals surface area contributed by atoms with Crippen LogP contribution in [0.2, 0.25) is 0 Å². The van der Waals surface area contributed by atoms with E-state index in [-0.39, 0.29) is 11.8 Å². The predicted octanol–water partition coefficient (Wildman–Crippen LogP) is 14.0. The Kier molecular flexibility index (Phi) is 17.0. The quantitative estimate of drug-likeness (QED) is 0.0538. The fourth-order valence-corrected chi connectivity index (χ4v) is 12.5. The van der Waals surface area contributed by atoms with Gasteiger partial charge in [-0.25, -0.2) is 15.0 Å². The number of para-hydroxylation sites is 1. The van der Waals surface area contributed by atoms with Crippen molar-refractivity contribution in [2.45, 2.75) is 6.54 Å². The summed E-state index contributed by atoms with van der Waals surface area (Å²) < 4.78 is 17.0. The molecule has 480 valence electrons. The maximum absolute atomic E-state index is 12.5. The second-order valence-corrected chi connectivity index (χ2v) is 23.6. The number of nitrogens with two attached hydrogens (primary N) is 1. The molecule has 20 nitrogen and oxygen atoms in total. The summed E-state index contributed by atoms with van der Waals surface area (Å²) in [5.74, 6) is -0.626. The molecule has 10 heterocycles. The monoisotopic (exact) mass is 1280 g/mol. The molecule has 3 aliphatic rings. The summed E-state index contributed by atoms with van der Waals surface area (Å²) in [5, 5.41) is 17.4. The molecule has 0 radical (unpaired) electrons. The summed E-state index contributed by atoms with van der Waals surface area (Å²) in [4.78, 5) is 57.6. The van der Waals surface area contributed by atoms with E-state index in [2.05, 4.69) is 146 Å². The minimum Gasteiger partial charge on any atom is -0.378 e. The fraction of sp³-hybridized carbons (Fsp3) is 0.117. The number of fused-ring (bicyclic) bond motifs is 5. The number of morpholine rings is 2. The van der Waals surface area contributed by atoms with E-state index in [0.717, 1.165) is 160 Å². The maximum atomic E-state index is 12.5. The van der Waals surface area contributed by atoms with E-state index in [0.29, 0.717) is 17.7 Å². The highest BCUT2D eigenvalue weighted by atomic mass is 16.5. The number of aromatic amines is 1. The van der Waals surface area contributed by atoms with Crippen LogP contribution in [0.5, 0.6) is 0 Å². The van der Waals surface area contributed by atoms with Crippen molar-refractivity contribution in [1.82, 2.24) is 38.5 Å². The lowest BCUT2D eigenvalue weighted by Crippen LogP contribution is -2.36. The number of hydrogen-bond acceptors (Lipinski definition) is 13. The normalized spacial score (nSPS) is 13.5. The van der Waals surface area contributed by atoms with Gasteiger partial charge in [-0.3, -0.25) is 27.6 Å². The van der Waals surface area contributed by atoms with Crippen molar-refractivity contribution in [3.8, 4) is 33.8 Å². The highest BCUT2D eigenvalue weighted by Crippen LogP contribution is 2.34. The van der Waals surface area contributed by atoms with Gasteiger partial charge in [0.1, 0.15) is 0 Å². The predicted molar refractivity (Wildman–Crippen MR) is 383 cm³/mol. The molecule has 0 saturated carbocycles. The molecule has 0 aliphatic carbocycles. The molecule has 2 saturated heterocycles. The summed E-state index contributed by atoms with van der Waals surface area (Å²) >= 11 is 0. The number of hydrogen-bond donors (Lipinski definition) is 7. The number of carbonyl (C=O) groups excluding carboxylic acids is 3. The van der Waals surface area contributed by atoms with Crippen molar-refractivity contribution in [1.29, 1.82) is 0 Å². The Morgan fingerprint density at radius 2 is 0.959 bits per heavy atom. The van der Waals surface area contributed by atoms with E-state index in [9.17, 15) is 14.4 Å². The van der Waals surface area contributed by atoms with Crippen LogP contribution >= 0.6 is 0 Å². The molecular weight excluding hydrogens is 1210 g/mol. The van der Waals surface area contributed by atoms with Gasteiger partial charge >= 0.3 is 0 Å². The molecule has 20 heteroatoms. The van der Waals surface area contributed by atoms with E-state index in [4.69, 9.17) is 15.2 Å². The summed E-state index contributed by atoms with van der Waals surface area (Å²) in [7, 11) is 0. The first-order valence-corrected chi connectivity index (χ1v) is 32.1. The Balaban J connectivity index is 0.000000119. The average Bonchev–Trinajstić information content (AvgIpc) is 1.70. The highest BCUT2D eigenvalue weighted by molar-refractivity contribution is 6.04. The number of benzene rings is 7. The maximum Gasteiger partial charge on any atom is 0.255 e. The molecule has 17 rings (SSSR count). The van der Waals surface area contributed by atoms with Gasteiger partial charge in [0.15, 0.2) is 16.9 Å². The number of nitrogens with one attached hydrogen (secondary N) is 6. The Bertz CT molecular complexity index is 5170. The molecule has 8 N–H and O–H groups in total. The number of primary amides is 1. The van der Waals surface area contributed by atoms with Crippen molar-refractivity contribution in [2.24, 2.45) is 5.73 Å². The first kappa shape index (κ1) is 60.7. The van der Waals surface area contributed by atoms with Crippen LogP contribution in [0, 0.1) is 0 Å². The molecule has 0 atom stereocenters. The minimum absolute atomic E-state index is 0.0255. The number of anilines is 9. The van der Waals surface area contributed by atoms with Crippen LogP contribution < -0.4 is 42.1 Å². The van der Waals surface area contributed by atoms with Crippen molar-refractivity contribution >= 4 is 96.8 Å². The van der Waals surface area contributed by atoms with Crippen LogP contribution in [0.3, 0.4) is 0 Å². The third-order valence-electron chi connectivity index (χ3n) is 17.5. The van der Waals surface area contributed by atoms with Gasteiger partial charge in [-0.15, -0.1) is 0 Å². The van der Waals surface area contributed by atoms with Gasteiger partial charge in [0, 0.05) is 138 Å². The van der Waals surface area contributed by atoms with Crippen LogP contribution in [0.15, 0.2) is 250 Å². The first-order valence-electron chi connectivity index (χ1n) is 32.1. The van der Waals surface area contributed by atoms with Crippen LogP contribution in [0.25, 0.3) is 61.6 Å². The Morgan fingerprint density at radius 1 is 0.464 bits per heavy atom. The van der Waals surface area contributed by atoms with Crippen LogP contribution in [-0.4, -0.2) is 103 Å². The number of aromatic nitrogens is 7. The number of ether oxygens (including phenoxy) is 2. The summed E-state index contributed by atoms with van der Waals surface area (Å²) in [6.07, 6.45) is 13.2. The topological polar surface area (TPSA) is 230 Å². The fourth-order valence-electron chi connectivity index (χ4n) is 12.5. The molecule has 97 heavy (non-hydrogen) atoms. The zero-order valence-corrected chi connectivity index (χ0v) is 52.7. The summed E-state index contributed by atoms with van der Waals surface area (Å²) in [6, 6.07) is 67.7. The van der Waals surface area contributed by atoms with E-state index < -0.39 is 5.91 Å². The lowest BCUT2D eigenvalue weighted by atomic mass is 10.0. The van der Waals surface area contributed by atoms with Crippen molar-refractivity contribution in [2.75, 3.05) is 83.7 Å². The molecular formula is C77H67N15O5. The highest BCUT2D eigenvalue weighted by Gasteiger charge is 2.21. The molecule has 0 spiro atoms. The number of H-pyrrole nitrogens is 1. The largest absolute Gasteiger partial charge is 0.378 e. The minimum atomic E-state index is -0.442. The third-order valence-corrected chi connectivity index (χ3v) is 17.5. The number of rotatable bonds is 14. The molecule has 7 aromatic carbocycles. The molecule has 2 fully saturated rings. The van der Waals surface area contributed by atoms with Gasteiger partial charge in [0.2, 0.25) is 5.91 Å². The SMILES string of the molecule is NC(=O)c1cccc(-c2ccc(Nc3ccc(N4CCOCC4)cc3)c3nccn23)c1.O=C(Nc1ccccc1)c1ccc(Nc2ccc(-c3ccc4c(c3)CNC4=O)n3ccnc23)cc1.c1cn2c(-c3ccc4[nH]ccc4c3)ccc(Nc3ccc(N4CCOCC4)cc3)c2n1. The molecule has 3 amide bonds. The smallest absolute Gasteiger partial charge is 0.255 e. The van der Waals surface area contributed by atoms with Gasteiger partial charge < -0.3 is 56.6 Å². The average molecular weight is 1280 g/mol. The van der Waals surface area contributed by atoms with Crippen molar-refractivity contribution in [3.05, 3.63) is 272 Å². The number of amides is 3. The van der Waals surface area contributed by atoms with Gasteiger partial charge in [-0.1, -0.05) is 42.5 Å². The lowest BCUT2D eigenvalue weighted by Gasteiger charge is -2.29. The van der Waals surface area contributed by atoms with Crippen LogP contribution in [0.1, 0.15) is 36.6 Å². The summed E-state index contributed by atoms with van der Waals surface area (Å²) in [6.45, 7) is 7.39. The van der Waals surface area contributed by atoms with Crippen molar-refractivity contribution in [3.63, 3.8) is 0 Å². The van der Waals surface area contributed by atoms with Gasteiger partial charge in [-0.05, 0) is 186 Å². The van der Waals surface area contributed by atoms with Gasteiger partial charge in [-0.2, -0.15) is 0 Å². The zero-order valence-electron chi connectivity index (χ0n) is 52.7. The zero-order chi connectivity index (χ0) is 65.6. The van der Waals surface area contributed by atoms with Crippen LogP contribution in [0.4, 0.5) is 51.2 Å².